The van der Waals surface area contributed by atoms with Crippen LogP contribution in [0.5, 0.6) is 0 Å². The average molecular weight is 362 g/mol. The number of likely N-dealkylation sites (tertiary alicyclic amines) is 1. The quantitative estimate of drug-likeness (QED) is 0.596. The molecule has 1 aliphatic heterocycles. The number of anilines is 1. The molecule has 142 valence electrons. The minimum absolute atomic E-state index is 0.0422. The topological polar surface area (TPSA) is 105 Å². The lowest BCUT2D eigenvalue weighted by Gasteiger charge is -2.35. The number of rotatable bonds is 6. The van der Waals surface area contributed by atoms with Gasteiger partial charge in [-0.1, -0.05) is 26.0 Å². The predicted molar refractivity (Wildman–Crippen MR) is 98.8 cm³/mol. The summed E-state index contributed by atoms with van der Waals surface area (Å²) in [6, 6.07) is 5.83. The molecule has 0 spiro atoms. The van der Waals surface area contributed by atoms with Crippen LogP contribution in [-0.2, 0) is 9.59 Å². The molecule has 1 aliphatic rings. The maximum Gasteiger partial charge on any atom is 0.292 e. The van der Waals surface area contributed by atoms with E-state index in [-0.39, 0.29) is 35.1 Å². The van der Waals surface area contributed by atoms with Gasteiger partial charge in [0.15, 0.2) is 0 Å². The van der Waals surface area contributed by atoms with E-state index in [1.165, 1.54) is 12.1 Å². The fraction of sp³-hybridized carbons (Fsp3) is 0.556. The summed E-state index contributed by atoms with van der Waals surface area (Å²) in [5.74, 6) is -0.269. The zero-order valence-electron chi connectivity index (χ0n) is 15.4. The first kappa shape index (κ1) is 19.8. The number of piperidine rings is 1. The highest BCUT2D eigenvalue weighted by Crippen LogP contribution is 2.24. The van der Waals surface area contributed by atoms with Crippen molar-refractivity contribution in [3.05, 3.63) is 34.4 Å². The van der Waals surface area contributed by atoms with Crippen LogP contribution in [0.15, 0.2) is 24.3 Å². The third-order valence-electron chi connectivity index (χ3n) is 4.69. The van der Waals surface area contributed by atoms with E-state index in [9.17, 15) is 19.7 Å². The fourth-order valence-electron chi connectivity index (χ4n) is 2.94. The molecule has 0 aliphatic carbocycles. The van der Waals surface area contributed by atoms with E-state index in [2.05, 4.69) is 10.6 Å². The molecule has 1 unspecified atom stereocenters. The van der Waals surface area contributed by atoms with Gasteiger partial charge in [0.05, 0.1) is 11.0 Å². The van der Waals surface area contributed by atoms with E-state index in [1.54, 1.807) is 19.1 Å². The van der Waals surface area contributed by atoms with Crippen LogP contribution in [0.4, 0.5) is 11.4 Å². The van der Waals surface area contributed by atoms with Gasteiger partial charge in [0.25, 0.3) is 5.69 Å². The van der Waals surface area contributed by atoms with E-state index >= 15 is 0 Å². The van der Waals surface area contributed by atoms with E-state index < -0.39 is 11.0 Å². The number of nitro groups is 1. The number of hydrogen-bond donors (Lipinski definition) is 2. The first-order valence-corrected chi connectivity index (χ1v) is 8.88. The lowest BCUT2D eigenvalue weighted by atomic mass is 10.0. The van der Waals surface area contributed by atoms with Gasteiger partial charge in [-0.3, -0.25) is 24.6 Å². The first-order chi connectivity index (χ1) is 12.3. The lowest BCUT2D eigenvalue weighted by Crippen LogP contribution is -2.50. The molecule has 0 saturated carbocycles. The molecule has 2 amide bonds. The Bertz CT molecular complexity index is 669. The highest BCUT2D eigenvalue weighted by molar-refractivity contribution is 5.96. The van der Waals surface area contributed by atoms with Crippen LogP contribution in [0.3, 0.4) is 0 Å². The Morgan fingerprint density at radius 2 is 1.77 bits per heavy atom. The first-order valence-electron chi connectivity index (χ1n) is 8.88. The molecule has 1 fully saturated rings. The molecule has 1 aromatic carbocycles. The van der Waals surface area contributed by atoms with Gasteiger partial charge in [-0.25, -0.2) is 0 Å². The Balaban J connectivity index is 1.90. The zero-order chi connectivity index (χ0) is 19.3. The largest absolute Gasteiger partial charge is 0.353 e. The number of nitrogens with zero attached hydrogens (tertiary/aromatic N) is 2. The van der Waals surface area contributed by atoms with Gasteiger partial charge in [0.2, 0.25) is 11.8 Å². The molecule has 0 bridgehead atoms. The van der Waals surface area contributed by atoms with Crippen LogP contribution < -0.4 is 10.6 Å². The third kappa shape index (κ3) is 5.01. The number of carbonyl (C=O) groups is 2. The zero-order valence-corrected chi connectivity index (χ0v) is 15.4. The highest BCUT2D eigenvalue weighted by Gasteiger charge is 2.28. The SMILES string of the molecule is CC(C)C(=O)NC1CCN(C(C)C(=O)Nc2ccccc2[N+](=O)[O-])CC1. The molecule has 8 nitrogen and oxygen atoms in total. The fourth-order valence-corrected chi connectivity index (χ4v) is 2.94. The van der Waals surface area contributed by atoms with Crippen molar-refractivity contribution in [3.8, 4) is 0 Å². The smallest absolute Gasteiger partial charge is 0.292 e. The lowest BCUT2D eigenvalue weighted by molar-refractivity contribution is -0.383. The summed E-state index contributed by atoms with van der Waals surface area (Å²) >= 11 is 0. The minimum atomic E-state index is -0.511. The van der Waals surface area contributed by atoms with Gasteiger partial charge in [0, 0.05) is 31.1 Å². The van der Waals surface area contributed by atoms with Crippen LogP contribution in [0.2, 0.25) is 0 Å². The van der Waals surface area contributed by atoms with Crippen molar-refractivity contribution < 1.29 is 14.5 Å². The summed E-state index contributed by atoms with van der Waals surface area (Å²) in [7, 11) is 0. The number of nitro benzene ring substituents is 1. The maximum absolute atomic E-state index is 12.5. The van der Waals surface area contributed by atoms with Crippen LogP contribution in [0.1, 0.15) is 33.6 Å². The highest BCUT2D eigenvalue weighted by atomic mass is 16.6. The molecule has 1 aromatic rings. The van der Waals surface area contributed by atoms with Crippen LogP contribution in [0.25, 0.3) is 0 Å². The second-order valence-electron chi connectivity index (χ2n) is 6.91. The average Bonchev–Trinajstić information content (AvgIpc) is 2.61. The van der Waals surface area contributed by atoms with Gasteiger partial charge in [-0.15, -0.1) is 0 Å². The summed E-state index contributed by atoms with van der Waals surface area (Å²) in [4.78, 5) is 36.8. The van der Waals surface area contributed by atoms with Crippen molar-refractivity contribution in [3.63, 3.8) is 0 Å². The molecule has 1 saturated heterocycles. The van der Waals surface area contributed by atoms with Crippen molar-refractivity contribution in [2.75, 3.05) is 18.4 Å². The normalized spacial score (nSPS) is 16.9. The Hall–Kier alpha value is -2.48. The van der Waals surface area contributed by atoms with Crippen molar-refractivity contribution in [2.24, 2.45) is 5.92 Å². The molecule has 2 N–H and O–H groups in total. The molecule has 1 heterocycles. The Morgan fingerprint density at radius 3 is 2.35 bits per heavy atom. The number of benzene rings is 1. The predicted octanol–water partition coefficient (Wildman–Crippen LogP) is 2.16. The molecule has 8 heteroatoms. The summed E-state index contributed by atoms with van der Waals surface area (Å²) in [6.07, 6.45) is 1.56. The number of hydrogen-bond acceptors (Lipinski definition) is 5. The van der Waals surface area contributed by atoms with Gasteiger partial charge >= 0.3 is 0 Å². The van der Waals surface area contributed by atoms with E-state index in [4.69, 9.17) is 0 Å². The second kappa shape index (κ2) is 8.75. The monoisotopic (exact) mass is 362 g/mol. The summed E-state index contributed by atoms with van der Waals surface area (Å²) in [5.41, 5.74) is 0.0802. The van der Waals surface area contributed by atoms with Crippen LogP contribution in [0, 0.1) is 16.0 Å². The number of para-hydroxylation sites is 2. The van der Waals surface area contributed by atoms with Gasteiger partial charge in [-0.05, 0) is 25.8 Å². The summed E-state index contributed by atoms with van der Waals surface area (Å²) in [5, 5.41) is 16.7. The number of nitrogens with one attached hydrogen (secondary N) is 2. The Labute approximate surface area is 153 Å². The summed E-state index contributed by atoms with van der Waals surface area (Å²) in [6.45, 7) is 6.89. The summed E-state index contributed by atoms with van der Waals surface area (Å²) < 4.78 is 0. The number of carbonyl (C=O) groups excluding carboxylic acids is 2. The molecule has 1 atom stereocenters. The number of amides is 2. The molecule has 0 aromatic heterocycles. The Morgan fingerprint density at radius 1 is 1.15 bits per heavy atom. The second-order valence-corrected chi connectivity index (χ2v) is 6.91. The molecular weight excluding hydrogens is 336 g/mol. The van der Waals surface area contributed by atoms with E-state index in [0.29, 0.717) is 13.1 Å². The van der Waals surface area contributed by atoms with Gasteiger partial charge in [-0.2, -0.15) is 0 Å². The van der Waals surface area contributed by atoms with Crippen molar-refractivity contribution in [1.29, 1.82) is 0 Å². The van der Waals surface area contributed by atoms with Crippen LogP contribution in [-0.4, -0.2) is 46.8 Å². The molecule has 26 heavy (non-hydrogen) atoms. The van der Waals surface area contributed by atoms with E-state index in [1.807, 2.05) is 18.7 Å². The third-order valence-corrected chi connectivity index (χ3v) is 4.69. The van der Waals surface area contributed by atoms with Gasteiger partial charge in [0.1, 0.15) is 5.69 Å². The standard InChI is InChI=1S/C18H26N4O4/c1-12(2)17(23)19-14-8-10-21(11-9-14)13(3)18(24)20-15-6-4-5-7-16(15)22(25)26/h4-7,12-14H,8-11H2,1-3H3,(H,19,23)(H,20,24). The maximum atomic E-state index is 12.5. The van der Waals surface area contributed by atoms with E-state index in [0.717, 1.165) is 12.8 Å². The van der Waals surface area contributed by atoms with Crippen molar-refractivity contribution in [1.82, 2.24) is 10.2 Å². The van der Waals surface area contributed by atoms with Crippen molar-refractivity contribution >= 4 is 23.2 Å². The molecular formula is C18H26N4O4. The van der Waals surface area contributed by atoms with Crippen molar-refractivity contribution in [2.45, 2.75) is 45.7 Å². The van der Waals surface area contributed by atoms with Gasteiger partial charge < -0.3 is 10.6 Å². The molecule has 0 radical (unpaired) electrons. The molecule has 2 rings (SSSR count). The Kier molecular flexibility index (Phi) is 6.68. The van der Waals surface area contributed by atoms with Crippen LogP contribution >= 0.6 is 0 Å². The minimum Gasteiger partial charge on any atom is -0.353 e.